The highest BCUT2D eigenvalue weighted by atomic mass is 16.6. The van der Waals surface area contributed by atoms with Gasteiger partial charge in [-0.1, -0.05) is 0 Å². The normalized spacial score (nSPS) is 12.5. The maximum atomic E-state index is 10.6. The minimum Gasteiger partial charge on any atom is -0.507 e. The summed E-state index contributed by atoms with van der Waals surface area (Å²) in [4.78, 5) is 10.1. The van der Waals surface area contributed by atoms with Gasteiger partial charge in [-0.3, -0.25) is 10.1 Å². The molecule has 0 amide bonds. The zero-order chi connectivity index (χ0) is 11.6. The fourth-order valence-electron chi connectivity index (χ4n) is 1.30. The fourth-order valence-corrected chi connectivity index (χ4v) is 1.30. The summed E-state index contributed by atoms with van der Waals surface area (Å²) < 4.78 is 0. The number of benzene rings is 1. The molecule has 1 atom stereocenters. The monoisotopic (exact) mass is 211 g/mol. The third-order valence-corrected chi connectivity index (χ3v) is 2.18. The van der Waals surface area contributed by atoms with Gasteiger partial charge in [-0.05, 0) is 12.5 Å². The molecule has 0 unspecified atom stereocenters. The van der Waals surface area contributed by atoms with E-state index in [0.717, 1.165) is 0 Å². The molecule has 0 heterocycles. The van der Waals surface area contributed by atoms with E-state index in [4.69, 9.17) is 11.5 Å². The first-order valence-electron chi connectivity index (χ1n) is 4.41. The molecule has 6 nitrogen and oxygen atoms in total. The molecule has 1 aromatic carbocycles. The SMILES string of the molecule is Cc1cc([N+](=O)[O-])cc([C@H](N)CN)c1O. The molecule has 82 valence electrons. The Labute approximate surface area is 86.7 Å². The zero-order valence-electron chi connectivity index (χ0n) is 8.30. The van der Waals surface area contributed by atoms with Crippen LogP contribution in [0.3, 0.4) is 0 Å². The van der Waals surface area contributed by atoms with Gasteiger partial charge in [-0.25, -0.2) is 0 Å². The Morgan fingerprint density at radius 1 is 1.60 bits per heavy atom. The molecule has 0 aliphatic rings. The van der Waals surface area contributed by atoms with Crippen molar-refractivity contribution in [2.45, 2.75) is 13.0 Å². The third-order valence-electron chi connectivity index (χ3n) is 2.18. The highest BCUT2D eigenvalue weighted by Gasteiger charge is 2.17. The van der Waals surface area contributed by atoms with Gasteiger partial charge in [0.15, 0.2) is 0 Å². The van der Waals surface area contributed by atoms with Crippen molar-refractivity contribution in [3.05, 3.63) is 33.4 Å². The summed E-state index contributed by atoms with van der Waals surface area (Å²) in [6, 6.07) is 1.95. The molecule has 0 saturated heterocycles. The number of aryl methyl sites for hydroxylation is 1. The first-order valence-corrected chi connectivity index (χ1v) is 4.41. The molecule has 0 bridgehead atoms. The van der Waals surface area contributed by atoms with Crippen LogP contribution in [0.5, 0.6) is 5.75 Å². The predicted molar refractivity (Wildman–Crippen MR) is 55.5 cm³/mol. The van der Waals surface area contributed by atoms with Gasteiger partial charge in [-0.15, -0.1) is 0 Å². The minimum atomic E-state index is -0.594. The molecule has 0 aromatic heterocycles. The Hall–Kier alpha value is -1.66. The number of rotatable bonds is 3. The van der Waals surface area contributed by atoms with Crippen LogP contribution in [0.25, 0.3) is 0 Å². The quantitative estimate of drug-likeness (QED) is 0.499. The van der Waals surface area contributed by atoms with Crippen LogP contribution in [0, 0.1) is 17.0 Å². The van der Waals surface area contributed by atoms with Crippen LogP contribution >= 0.6 is 0 Å². The summed E-state index contributed by atoms with van der Waals surface area (Å²) in [5, 5.41) is 20.2. The van der Waals surface area contributed by atoms with Gasteiger partial charge >= 0.3 is 0 Å². The molecule has 5 N–H and O–H groups in total. The second-order valence-corrected chi connectivity index (χ2v) is 3.30. The van der Waals surface area contributed by atoms with Crippen molar-refractivity contribution < 1.29 is 10.0 Å². The molecule has 1 rings (SSSR count). The number of aromatic hydroxyl groups is 1. The molecule has 6 heteroatoms. The average molecular weight is 211 g/mol. The predicted octanol–water partition coefficient (Wildman–Crippen LogP) is 0.567. The number of hydrogen-bond donors (Lipinski definition) is 3. The summed E-state index contributed by atoms with van der Waals surface area (Å²) in [5.41, 5.74) is 11.6. The molecule has 1 aromatic rings. The van der Waals surface area contributed by atoms with Crippen molar-refractivity contribution in [3.8, 4) is 5.75 Å². The van der Waals surface area contributed by atoms with Crippen molar-refractivity contribution >= 4 is 5.69 Å². The van der Waals surface area contributed by atoms with E-state index in [2.05, 4.69) is 0 Å². The number of nitro benzene ring substituents is 1. The van der Waals surface area contributed by atoms with Crippen molar-refractivity contribution in [1.82, 2.24) is 0 Å². The number of hydrogen-bond acceptors (Lipinski definition) is 5. The molecule has 0 saturated carbocycles. The highest BCUT2D eigenvalue weighted by molar-refractivity contribution is 5.50. The summed E-state index contributed by atoms with van der Waals surface area (Å²) in [5.74, 6) is -0.0291. The van der Waals surface area contributed by atoms with Crippen molar-refractivity contribution in [2.24, 2.45) is 11.5 Å². The van der Waals surface area contributed by atoms with Gasteiger partial charge in [-0.2, -0.15) is 0 Å². The van der Waals surface area contributed by atoms with E-state index >= 15 is 0 Å². The van der Waals surface area contributed by atoms with Gasteiger partial charge in [0.1, 0.15) is 5.75 Å². The second-order valence-electron chi connectivity index (χ2n) is 3.30. The van der Waals surface area contributed by atoms with E-state index in [1.54, 1.807) is 6.92 Å². The van der Waals surface area contributed by atoms with Gasteiger partial charge in [0.05, 0.1) is 4.92 Å². The molecule has 15 heavy (non-hydrogen) atoms. The molecular weight excluding hydrogens is 198 g/mol. The molecule has 0 aliphatic heterocycles. The number of non-ortho nitro benzene ring substituents is 1. The van der Waals surface area contributed by atoms with Crippen LogP contribution in [0.2, 0.25) is 0 Å². The van der Waals surface area contributed by atoms with Crippen molar-refractivity contribution in [3.63, 3.8) is 0 Å². The average Bonchev–Trinajstić information content (AvgIpc) is 2.20. The maximum Gasteiger partial charge on any atom is 0.270 e. The lowest BCUT2D eigenvalue weighted by Gasteiger charge is -2.12. The lowest BCUT2D eigenvalue weighted by Crippen LogP contribution is -2.21. The lowest BCUT2D eigenvalue weighted by atomic mass is 10.0. The number of phenols is 1. The second kappa shape index (κ2) is 4.24. The molecule has 0 spiro atoms. The summed E-state index contributed by atoms with van der Waals surface area (Å²) in [6.07, 6.45) is 0. The third kappa shape index (κ3) is 2.23. The Morgan fingerprint density at radius 3 is 2.67 bits per heavy atom. The van der Waals surface area contributed by atoms with E-state index in [-0.39, 0.29) is 18.0 Å². The Morgan fingerprint density at radius 2 is 2.20 bits per heavy atom. The van der Waals surface area contributed by atoms with E-state index < -0.39 is 11.0 Å². The number of nitrogens with two attached hydrogens (primary N) is 2. The number of nitro groups is 1. The van der Waals surface area contributed by atoms with Crippen LogP contribution < -0.4 is 11.5 Å². The fraction of sp³-hybridized carbons (Fsp3) is 0.333. The zero-order valence-corrected chi connectivity index (χ0v) is 8.30. The summed E-state index contributed by atoms with van der Waals surface area (Å²) in [7, 11) is 0. The number of phenolic OH excluding ortho intramolecular Hbond substituents is 1. The van der Waals surface area contributed by atoms with Crippen LogP contribution in [-0.2, 0) is 0 Å². The van der Waals surface area contributed by atoms with E-state index in [1.807, 2.05) is 0 Å². The van der Waals surface area contributed by atoms with E-state index in [9.17, 15) is 15.2 Å². The Bertz CT molecular complexity index is 392. The van der Waals surface area contributed by atoms with Crippen LogP contribution in [-0.4, -0.2) is 16.6 Å². The highest BCUT2D eigenvalue weighted by Crippen LogP contribution is 2.30. The van der Waals surface area contributed by atoms with E-state index in [0.29, 0.717) is 11.1 Å². The largest absolute Gasteiger partial charge is 0.507 e. The van der Waals surface area contributed by atoms with Crippen LogP contribution in [0.1, 0.15) is 17.2 Å². The smallest absolute Gasteiger partial charge is 0.270 e. The Kier molecular flexibility index (Phi) is 3.23. The Balaban J connectivity index is 3.31. The van der Waals surface area contributed by atoms with Gasteiger partial charge in [0.25, 0.3) is 5.69 Å². The van der Waals surface area contributed by atoms with E-state index in [1.165, 1.54) is 12.1 Å². The molecule has 0 radical (unpaired) electrons. The molecular formula is C9H13N3O3. The van der Waals surface area contributed by atoms with Gasteiger partial charge < -0.3 is 16.6 Å². The van der Waals surface area contributed by atoms with Gasteiger partial charge in [0, 0.05) is 30.3 Å². The topological polar surface area (TPSA) is 115 Å². The van der Waals surface area contributed by atoms with Gasteiger partial charge in [0.2, 0.25) is 0 Å². The standard InChI is InChI=1S/C9H13N3O3/c1-5-2-6(12(14)15)3-7(9(5)13)8(11)4-10/h2-3,8,13H,4,10-11H2,1H3/t8-/m1/s1. The first kappa shape index (κ1) is 11.4. The van der Waals surface area contributed by atoms with Crippen molar-refractivity contribution in [1.29, 1.82) is 0 Å². The number of nitrogens with zero attached hydrogens (tertiary/aromatic N) is 1. The maximum absolute atomic E-state index is 10.6. The molecule has 0 aliphatic carbocycles. The first-order chi connectivity index (χ1) is 6.97. The minimum absolute atomic E-state index is 0.0291. The summed E-state index contributed by atoms with van der Waals surface area (Å²) in [6.45, 7) is 1.70. The molecule has 0 fully saturated rings. The van der Waals surface area contributed by atoms with Crippen molar-refractivity contribution in [2.75, 3.05) is 6.54 Å². The summed E-state index contributed by atoms with van der Waals surface area (Å²) >= 11 is 0. The van der Waals surface area contributed by atoms with Crippen LogP contribution in [0.15, 0.2) is 12.1 Å². The lowest BCUT2D eigenvalue weighted by molar-refractivity contribution is -0.385. The van der Waals surface area contributed by atoms with Crippen LogP contribution in [0.4, 0.5) is 5.69 Å².